The summed E-state index contributed by atoms with van der Waals surface area (Å²) >= 11 is 1.90. The van der Waals surface area contributed by atoms with Crippen LogP contribution in [0.15, 0.2) is 127 Å². The molecule has 45 heavy (non-hydrogen) atoms. The Labute approximate surface area is 262 Å². The van der Waals surface area contributed by atoms with Crippen molar-refractivity contribution >= 4 is 98.9 Å². The van der Waals surface area contributed by atoms with Gasteiger partial charge in [0.15, 0.2) is 11.5 Å². The summed E-state index contributed by atoms with van der Waals surface area (Å²) in [6.07, 6.45) is 0. The zero-order valence-electron chi connectivity index (χ0n) is 23.9. The molecule has 3 aliphatic heterocycles. The van der Waals surface area contributed by atoms with E-state index in [0.717, 1.165) is 22.9 Å². The number of aromatic nitrogens is 1. The van der Waals surface area contributed by atoms with Crippen molar-refractivity contribution in [3.63, 3.8) is 0 Å². The van der Waals surface area contributed by atoms with Gasteiger partial charge < -0.3 is 14.1 Å². The predicted molar refractivity (Wildman–Crippen MR) is 190 cm³/mol. The fourth-order valence-electron chi connectivity index (χ4n) is 8.66. The molecule has 0 amide bonds. The lowest BCUT2D eigenvalue weighted by Crippen LogP contribution is -2.57. The molecule has 9 aromatic rings. The third-order valence-corrected chi connectivity index (χ3v) is 11.4. The number of anilines is 3. The minimum atomic E-state index is -0.0150. The van der Waals surface area contributed by atoms with Crippen LogP contribution in [0.2, 0.25) is 0 Å². The van der Waals surface area contributed by atoms with E-state index >= 15 is 0 Å². The fraction of sp³-hybridized carbons (Fsp3) is 0. The van der Waals surface area contributed by atoms with E-state index in [2.05, 4.69) is 137 Å². The van der Waals surface area contributed by atoms with Crippen LogP contribution in [0.3, 0.4) is 0 Å². The number of thiophene rings is 1. The highest BCUT2D eigenvalue weighted by Crippen LogP contribution is 2.56. The zero-order chi connectivity index (χ0) is 29.0. The number of nitrogens with zero attached hydrogens (tertiary/aromatic N) is 2. The summed E-state index contributed by atoms with van der Waals surface area (Å²) in [5.41, 5.74) is 11.4. The third-order valence-electron chi connectivity index (χ3n) is 10.3. The highest BCUT2D eigenvalue weighted by Gasteiger charge is 2.46. The Hall–Kier alpha value is -5.52. The van der Waals surface area contributed by atoms with E-state index in [1.165, 1.54) is 80.5 Å². The Morgan fingerprint density at radius 1 is 0.556 bits per heavy atom. The molecule has 3 nitrogen and oxygen atoms in total. The summed E-state index contributed by atoms with van der Waals surface area (Å²) in [6, 6.07) is 46.9. The maximum absolute atomic E-state index is 6.69. The van der Waals surface area contributed by atoms with Crippen molar-refractivity contribution in [1.29, 1.82) is 0 Å². The zero-order valence-corrected chi connectivity index (χ0v) is 24.7. The summed E-state index contributed by atoms with van der Waals surface area (Å²) in [5.74, 6) is 1.80. The van der Waals surface area contributed by atoms with Crippen LogP contribution >= 0.6 is 11.3 Å². The first-order valence-corrected chi connectivity index (χ1v) is 16.3. The summed E-state index contributed by atoms with van der Waals surface area (Å²) in [4.78, 5) is 2.52. The van der Waals surface area contributed by atoms with Gasteiger partial charge in [0.2, 0.25) is 0 Å². The Bertz CT molecular complexity index is 2830. The first kappa shape index (κ1) is 22.9. The topological polar surface area (TPSA) is 17.4 Å². The highest BCUT2D eigenvalue weighted by atomic mass is 32.1. The molecule has 5 heterocycles. The number of fused-ring (bicyclic) bond motifs is 15. The van der Waals surface area contributed by atoms with Crippen LogP contribution in [0.25, 0.3) is 63.9 Å². The Kier molecular flexibility index (Phi) is 3.96. The minimum Gasteiger partial charge on any atom is -0.453 e. The molecule has 0 unspecified atom stereocenters. The largest absolute Gasteiger partial charge is 0.453 e. The average Bonchev–Trinajstić information content (AvgIpc) is 3.64. The van der Waals surface area contributed by atoms with Crippen LogP contribution in [-0.4, -0.2) is 11.3 Å². The maximum Gasteiger partial charge on any atom is 0.333 e. The van der Waals surface area contributed by atoms with Crippen molar-refractivity contribution in [3.05, 3.63) is 127 Å². The number of hydrogen-bond acceptors (Lipinski definition) is 3. The summed E-state index contributed by atoms with van der Waals surface area (Å²) < 4.78 is 12.0. The van der Waals surface area contributed by atoms with Gasteiger partial charge in [-0.05, 0) is 52.2 Å². The van der Waals surface area contributed by atoms with Gasteiger partial charge in [0.25, 0.3) is 0 Å². The van der Waals surface area contributed by atoms with Gasteiger partial charge in [-0.3, -0.25) is 0 Å². The number of para-hydroxylation sites is 4. The molecular formula is C40H21BN2OS. The fourth-order valence-corrected chi connectivity index (χ4v) is 9.81. The van der Waals surface area contributed by atoms with Crippen LogP contribution in [0, 0.1) is 0 Å². The van der Waals surface area contributed by atoms with E-state index in [9.17, 15) is 0 Å². The second-order valence-electron chi connectivity index (χ2n) is 12.4. The lowest BCUT2D eigenvalue weighted by atomic mass is 9.44. The molecule has 0 radical (unpaired) electrons. The van der Waals surface area contributed by atoms with E-state index in [0.29, 0.717) is 0 Å². The van der Waals surface area contributed by atoms with Gasteiger partial charge in [-0.2, -0.15) is 0 Å². The second-order valence-corrected chi connectivity index (χ2v) is 13.5. The molecule has 12 rings (SSSR count). The standard InChI is InChI=1S/C40H21BN2OS/c1-2-10-23-22(9-1)19-20-26-24-12-7-13-25-28-21-34-35(27-11-3-6-18-33(27)45-34)40-36(28)41(43(37(23)26)38(24)25)29-14-8-17-32-39(29)42(40)30-15-4-5-16-31(30)44-32/h1-21H. The van der Waals surface area contributed by atoms with Gasteiger partial charge >= 0.3 is 6.85 Å². The van der Waals surface area contributed by atoms with E-state index in [4.69, 9.17) is 4.74 Å². The molecule has 2 aromatic heterocycles. The van der Waals surface area contributed by atoms with Gasteiger partial charge in [0, 0.05) is 52.9 Å². The van der Waals surface area contributed by atoms with Crippen LogP contribution in [-0.2, 0) is 0 Å². The Balaban J connectivity index is 1.37. The third kappa shape index (κ3) is 2.60. The molecular weight excluding hydrogens is 567 g/mol. The summed E-state index contributed by atoms with van der Waals surface area (Å²) in [5, 5.41) is 7.81. The normalized spacial score (nSPS) is 13.9. The molecule has 0 N–H and O–H groups in total. The predicted octanol–water partition coefficient (Wildman–Crippen LogP) is 9.84. The molecule has 3 aliphatic rings. The van der Waals surface area contributed by atoms with Crippen molar-refractivity contribution in [2.45, 2.75) is 0 Å². The quantitative estimate of drug-likeness (QED) is 0.164. The van der Waals surface area contributed by atoms with Crippen molar-refractivity contribution < 1.29 is 4.74 Å². The van der Waals surface area contributed by atoms with Crippen LogP contribution in [0.5, 0.6) is 11.5 Å². The highest BCUT2D eigenvalue weighted by molar-refractivity contribution is 7.26. The van der Waals surface area contributed by atoms with Crippen molar-refractivity contribution in [3.8, 4) is 22.6 Å². The molecule has 0 spiro atoms. The van der Waals surface area contributed by atoms with Crippen LogP contribution < -0.4 is 20.6 Å². The van der Waals surface area contributed by atoms with E-state index in [1.54, 1.807) is 0 Å². The van der Waals surface area contributed by atoms with Gasteiger partial charge in [-0.15, -0.1) is 11.3 Å². The monoisotopic (exact) mass is 588 g/mol. The van der Waals surface area contributed by atoms with Crippen molar-refractivity contribution in [1.82, 2.24) is 4.48 Å². The molecule has 0 atom stereocenters. The van der Waals surface area contributed by atoms with Gasteiger partial charge in [-0.1, -0.05) is 97.1 Å². The molecule has 0 saturated carbocycles. The SMILES string of the molecule is c1ccc2c(c1)Oc1cccc3c1N2c1c2c(cc4sc5ccccc5c14)-c1cccc4c5ccc6ccccc6c5n(c14)B32. The lowest BCUT2D eigenvalue weighted by molar-refractivity contribution is 0.477. The molecule has 7 aromatic carbocycles. The van der Waals surface area contributed by atoms with Crippen molar-refractivity contribution in [2.75, 3.05) is 4.90 Å². The maximum atomic E-state index is 6.69. The Morgan fingerprint density at radius 2 is 1.33 bits per heavy atom. The summed E-state index contributed by atoms with van der Waals surface area (Å²) in [7, 11) is 0. The average molecular weight is 589 g/mol. The molecule has 0 fully saturated rings. The van der Waals surface area contributed by atoms with Gasteiger partial charge in [-0.25, -0.2) is 0 Å². The number of rotatable bonds is 0. The number of hydrogen-bond donors (Lipinski definition) is 0. The van der Waals surface area contributed by atoms with Crippen LogP contribution in [0.4, 0.5) is 17.1 Å². The Morgan fingerprint density at radius 3 is 2.31 bits per heavy atom. The van der Waals surface area contributed by atoms with Crippen molar-refractivity contribution in [2.24, 2.45) is 0 Å². The van der Waals surface area contributed by atoms with Gasteiger partial charge in [0.05, 0.1) is 17.1 Å². The van der Waals surface area contributed by atoms with Gasteiger partial charge in [0.1, 0.15) is 0 Å². The smallest absolute Gasteiger partial charge is 0.333 e. The van der Waals surface area contributed by atoms with E-state index < -0.39 is 0 Å². The molecule has 0 aliphatic carbocycles. The van der Waals surface area contributed by atoms with E-state index in [-0.39, 0.29) is 6.85 Å². The first-order valence-electron chi connectivity index (χ1n) is 15.5. The first-order chi connectivity index (χ1) is 22.3. The molecule has 206 valence electrons. The summed E-state index contributed by atoms with van der Waals surface area (Å²) in [6.45, 7) is -0.0150. The number of benzene rings is 7. The lowest BCUT2D eigenvalue weighted by Gasteiger charge is -2.43. The molecule has 0 saturated heterocycles. The van der Waals surface area contributed by atoms with E-state index in [1.807, 2.05) is 11.3 Å². The molecule has 0 bridgehead atoms. The second kappa shape index (κ2) is 7.76. The molecule has 5 heteroatoms. The number of ether oxygens (including phenoxy) is 1. The minimum absolute atomic E-state index is 0.0150. The van der Waals surface area contributed by atoms with Crippen LogP contribution in [0.1, 0.15) is 0 Å².